The van der Waals surface area contributed by atoms with E-state index in [0.29, 0.717) is 39.0 Å². The number of rotatable bonds is 4. The third-order valence-electron chi connectivity index (χ3n) is 3.87. The Bertz CT molecular complexity index is 760. The zero-order valence-electron chi connectivity index (χ0n) is 12.5. The lowest BCUT2D eigenvalue weighted by Crippen LogP contribution is -2.08. The number of halogens is 2. The topological polar surface area (TPSA) is 68.3 Å². The van der Waals surface area contributed by atoms with Gasteiger partial charge in [0.1, 0.15) is 11.5 Å². The van der Waals surface area contributed by atoms with E-state index in [4.69, 9.17) is 33.4 Å². The molecule has 3 rings (SSSR count). The fraction of sp³-hybridized carbons (Fsp3) is 0.235. The minimum atomic E-state index is -0.306. The van der Waals surface area contributed by atoms with Crippen LogP contribution in [-0.2, 0) is 4.79 Å². The van der Waals surface area contributed by atoms with Crippen molar-refractivity contribution in [2.75, 3.05) is 11.1 Å². The van der Waals surface area contributed by atoms with E-state index in [1.54, 1.807) is 18.2 Å². The highest BCUT2D eigenvalue weighted by molar-refractivity contribution is 6.39. The van der Waals surface area contributed by atoms with Crippen molar-refractivity contribution < 1.29 is 9.21 Å². The Morgan fingerprint density at radius 1 is 1.35 bits per heavy atom. The highest BCUT2D eigenvalue weighted by Crippen LogP contribution is 2.47. The lowest BCUT2D eigenvalue weighted by atomic mass is 10.2. The molecule has 3 N–H and O–H groups in total. The number of carbonyl (C=O) groups is 1. The quantitative estimate of drug-likeness (QED) is 0.605. The number of anilines is 2. The van der Waals surface area contributed by atoms with Gasteiger partial charge in [-0.3, -0.25) is 4.79 Å². The summed E-state index contributed by atoms with van der Waals surface area (Å²) in [5, 5.41) is 3.27. The maximum absolute atomic E-state index is 11.9. The predicted molar refractivity (Wildman–Crippen MR) is 93.8 cm³/mol. The van der Waals surface area contributed by atoms with Gasteiger partial charge < -0.3 is 15.5 Å². The standard InChI is InChI=1S/C17H16Cl2N2O2/c1-9-6-12(9)15-4-2-11(23-15)3-5-16(22)21-10-7-13(18)17(20)14(19)8-10/h2-5,7-9,12H,6,20H2,1H3,(H,21,22)/b5-3+. The molecule has 0 aliphatic heterocycles. The average molecular weight is 351 g/mol. The average Bonchev–Trinajstić information content (AvgIpc) is 3.04. The van der Waals surface area contributed by atoms with Gasteiger partial charge in [0.2, 0.25) is 5.91 Å². The summed E-state index contributed by atoms with van der Waals surface area (Å²) in [6.07, 6.45) is 4.19. The molecule has 1 aliphatic rings. The minimum Gasteiger partial charge on any atom is -0.461 e. The molecule has 0 spiro atoms. The second-order valence-electron chi connectivity index (χ2n) is 5.74. The number of amides is 1. The maximum atomic E-state index is 11.9. The van der Waals surface area contributed by atoms with Crippen LogP contribution in [-0.4, -0.2) is 5.91 Å². The van der Waals surface area contributed by atoms with Crippen LogP contribution in [0, 0.1) is 5.92 Å². The van der Waals surface area contributed by atoms with E-state index in [9.17, 15) is 4.79 Å². The summed E-state index contributed by atoms with van der Waals surface area (Å²) in [5.74, 6) is 2.53. The van der Waals surface area contributed by atoms with Gasteiger partial charge in [-0.2, -0.15) is 0 Å². The highest BCUT2D eigenvalue weighted by Gasteiger charge is 2.36. The van der Waals surface area contributed by atoms with Crippen LogP contribution in [0.25, 0.3) is 6.08 Å². The normalized spacial score (nSPS) is 20.0. The number of nitrogens with one attached hydrogen (secondary N) is 1. The van der Waals surface area contributed by atoms with Crippen molar-refractivity contribution in [3.05, 3.63) is 51.9 Å². The Labute approximate surface area is 144 Å². The van der Waals surface area contributed by atoms with Gasteiger partial charge in [0.25, 0.3) is 0 Å². The molecule has 1 fully saturated rings. The van der Waals surface area contributed by atoms with E-state index in [0.717, 1.165) is 12.2 Å². The lowest BCUT2D eigenvalue weighted by Gasteiger charge is -2.06. The molecular formula is C17H16Cl2N2O2. The molecule has 23 heavy (non-hydrogen) atoms. The van der Waals surface area contributed by atoms with Gasteiger partial charge in [-0.15, -0.1) is 0 Å². The van der Waals surface area contributed by atoms with E-state index in [1.807, 2.05) is 12.1 Å². The fourth-order valence-electron chi connectivity index (χ4n) is 2.37. The Hall–Kier alpha value is -1.91. The predicted octanol–water partition coefficient (Wildman–Crippen LogP) is 4.94. The van der Waals surface area contributed by atoms with Gasteiger partial charge in [-0.05, 0) is 42.7 Å². The van der Waals surface area contributed by atoms with E-state index in [1.165, 1.54) is 6.08 Å². The minimum absolute atomic E-state index is 0.291. The third kappa shape index (κ3) is 3.71. The van der Waals surface area contributed by atoms with Crippen LogP contribution < -0.4 is 11.1 Å². The zero-order chi connectivity index (χ0) is 16.6. The SMILES string of the molecule is CC1CC1c1ccc(/C=C/C(=O)Nc2cc(Cl)c(N)c(Cl)c2)o1. The maximum Gasteiger partial charge on any atom is 0.248 e. The summed E-state index contributed by atoms with van der Waals surface area (Å²) in [6.45, 7) is 2.19. The Kier molecular flexibility index (Phi) is 4.37. The van der Waals surface area contributed by atoms with Crippen LogP contribution in [0.5, 0.6) is 0 Å². The van der Waals surface area contributed by atoms with Crippen LogP contribution >= 0.6 is 23.2 Å². The van der Waals surface area contributed by atoms with Gasteiger partial charge in [-0.1, -0.05) is 30.1 Å². The molecule has 4 nitrogen and oxygen atoms in total. The van der Waals surface area contributed by atoms with Crippen LogP contribution in [0.15, 0.2) is 34.8 Å². The smallest absolute Gasteiger partial charge is 0.248 e. The van der Waals surface area contributed by atoms with Gasteiger partial charge in [0.05, 0.1) is 15.7 Å². The van der Waals surface area contributed by atoms with Crippen molar-refractivity contribution in [3.63, 3.8) is 0 Å². The number of hydrogen-bond acceptors (Lipinski definition) is 3. The van der Waals surface area contributed by atoms with Crippen molar-refractivity contribution >= 4 is 46.6 Å². The molecule has 1 aromatic heterocycles. The number of furan rings is 1. The molecule has 120 valence electrons. The van der Waals surface area contributed by atoms with Crippen molar-refractivity contribution in [2.45, 2.75) is 19.3 Å². The van der Waals surface area contributed by atoms with E-state index in [2.05, 4.69) is 12.2 Å². The largest absolute Gasteiger partial charge is 0.461 e. The number of carbonyl (C=O) groups excluding carboxylic acids is 1. The van der Waals surface area contributed by atoms with Crippen LogP contribution in [0.4, 0.5) is 11.4 Å². The van der Waals surface area contributed by atoms with E-state index < -0.39 is 0 Å². The monoisotopic (exact) mass is 350 g/mol. The molecule has 1 aromatic carbocycles. The molecule has 1 aliphatic carbocycles. The number of nitrogen functional groups attached to an aromatic ring is 1. The summed E-state index contributed by atoms with van der Waals surface area (Å²) in [6, 6.07) is 6.92. The second-order valence-corrected chi connectivity index (χ2v) is 6.55. The van der Waals surface area contributed by atoms with Crippen LogP contribution in [0.2, 0.25) is 10.0 Å². The first-order valence-corrected chi connectivity index (χ1v) is 8.03. The summed E-state index contributed by atoms with van der Waals surface area (Å²) < 4.78 is 5.71. The number of hydrogen-bond donors (Lipinski definition) is 2. The molecule has 1 saturated carbocycles. The lowest BCUT2D eigenvalue weighted by molar-refractivity contribution is -0.111. The molecule has 0 saturated heterocycles. The molecule has 0 radical (unpaired) electrons. The molecule has 1 heterocycles. The number of benzene rings is 1. The van der Waals surface area contributed by atoms with Crippen molar-refractivity contribution in [2.24, 2.45) is 5.92 Å². The first-order valence-electron chi connectivity index (χ1n) is 7.27. The van der Waals surface area contributed by atoms with E-state index in [-0.39, 0.29) is 5.91 Å². The van der Waals surface area contributed by atoms with Gasteiger partial charge in [-0.25, -0.2) is 0 Å². The van der Waals surface area contributed by atoms with Crippen LogP contribution in [0.3, 0.4) is 0 Å². The third-order valence-corrected chi connectivity index (χ3v) is 4.49. The summed E-state index contributed by atoms with van der Waals surface area (Å²) >= 11 is 11.9. The van der Waals surface area contributed by atoms with Gasteiger partial charge >= 0.3 is 0 Å². The molecule has 2 atom stereocenters. The molecule has 6 heteroatoms. The van der Waals surface area contributed by atoms with Gasteiger partial charge in [0, 0.05) is 17.7 Å². The molecular weight excluding hydrogens is 335 g/mol. The van der Waals surface area contributed by atoms with Gasteiger partial charge in [0.15, 0.2) is 0 Å². The molecule has 2 aromatic rings. The molecule has 1 amide bonds. The second kappa shape index (κ2) is 6.30. The summed E-state index contributed by atoms with van der Waals surface area (Å²) in [4.78, 5) is 11.9. The first-order chi connectivity index (χ1) is 10.9. The Balaban J connectivity index is 1.64. The van der Waals surface area contributed by atoms with Crippen LogP contribution in [0.1, 0.15) is 30.8 Å². The summed E-state index contributed by atoms with van der Waals surface area (Å²) in [7, 11) is 0. The van der Waals surface area contributed by atoms with Crippen molar-refractivity contribution in [1.29, 1.82) is 0 Å². The van der Waals surface area contributed by atoms with Crippen molar-refractivity contribution in [1.82, 2.24) is 0 Å². The summed E-state index contributed by atoms with van der Waals surface area (Å²) in [5.41, 5.74) is 6.43. The molecule has 0 bridgehead atoms. The highest BCUT2D eigenvalue weighted by atomic mass is 35.5. The number of nitrogens with two attached hydrogens (primary N) is 1. The van der Waals surface area contributed by atoms with E-state index >= 15 is 0 Å². The van der Waals surface area contributed by atoms with Crippen molar-refractivity contribution in [3.8, 4) is 0 Å². The first kappa shape index (κ1) is 16.0. The zero-order valence-corrected chi connectivity index (χ0v) is 14.0. The fourth-order valence-corrected chi connectivity index (χ4v) is 2.86. The Morgan fingerprint density at radius 2 is 2.00 bits per heavy atom. The molecule has 2 unspecified atom stereocenters. The Morgan fingerprint density at radius 3 is 2.61 bits per heavy atom.